The van der Waals surface area contributed by atoms with Gasteiger partial charge >= 0.3 is 11.9 Å². The first-order valence-electron chi connectivity index (χ1n) is 8.08. The van der Waals surface area contributed by atoms with Crippen molar-refractivity contribution in [2.45, 2.75) is 27.7 Å². The van der Waals surface area contributed by atoms with Crippen LogP contribution in [-0.4, -0.2) is 45.8 Å². The molecule has 9 heteroatoms. The quantitative estimate of drug-likeness (QED) is 0.755. The van der Waals surface area contributed by atoms with Crippen molar-refractivity contribution in [3.8, 4) is 0 Å². The number of hydrogen-bond acceptors (Lipinski definition) is 6. The lowest BCUT2D eigenvalue weighted by molar-refractivity contribution is -0.119. The summed E-state index contributed by atoms with van der Waals surface area (Å²) in [7, 11) is 1.69. The van der Waals surface area contributed by atoms with Gasteiger partial charge in [-0.1, -0.05) is 0 Å². The van der Waals surface area contributed by atoms with E-state index in [0.29, 0.717) is 17.1 Å². The molecule has 2 N–H and O–H groups in total. The Kier molecular flexibility index (Phi) is 5.81. The van der Waals surface area contributed by atoms with E-state index in [1.807, 2.05) is 0 Å². The van der Waals surface area contributed by atoms with E-state index in [1.165, 1.54) is 4.68 Å². The molecule has 0 unspecified atom stereocenters. The molecule has 0 radical (unpaired) electrons. The topological polar surface area (TPSA) is 115 Å². The lowest BCUT2D eigenvalue weighted by atomic mass is 10.1. The van der Waals surface area contributed by atoms with Crippen LogP contribution in [0.4, 0.5) is 5.82 Å². The largest absolute Gasteiger partial charge is 0.461 e. The lowest BCUT2D eigenvalue weighted by Crippen LogP contribution is -2.22. The fraction of sp³-hybridized carbons (Fsp3) is 0.412. The Labute approximate surface area is 150 Å². The summed E-state index contributed by atoms with van der Waals surface area (Å²) in [5.41, 5.74) is 2.07. The average Bonchev–Trinajstić information content (AvgIpc) is 3.03. The smallest absolute Gasteiger partial charge is 0.355 e. The molecule has 0 saturated carbocycles. The first-order chi connectivity index (χ1) is 12.2. The zero-order valence-electron chi connectivity index (χ0n) is 15.4. The van der Waals surface area contributed by atoms with Gasteiger partial charge in [0.15, 0.2) is 6.61 Å². The van der Waals surface area contributed by atoms with Crippen LogP contribution in [0, 0.1) is 20.8 Å². The number of nitrogens with zero attached hydrogens (tertiary/aromatic N) is 2. The van der Waals surface area contributed by atoms with Crippen molar-refractivity contribution >= 4 is 23.7 Å². The molecular formula is C17H22N4O5. The number of carbonyl (C=O) groups excluding carboxylic acids is 3. The van der Waals surface area contributed by atoms with Gasteiger partial charge in [-0.3, -0.25) is 9.48 Å². The Bertz CT molecular complexity index is 850. The number of aryl methyl sites for hydroxylation is 3. The Morgan fingerprint density at radius 2 is 1.88 bits per heavy atom. The molecule has 9 nitrogen and oxygen atoms in total. The van der Waals surface area contributed by atoms with Crippen LogP contribution in [-0.2, 0) is 21.3 Å². The molecular weight excluding hydrogens is 340 g/mol. The highest BCUT2D eigenvalue weighted by atomic mass is 16.5. The van der Waals surface area contributed by atoms with Crippen LogP contribution in [0.3, 0.4) is 0 Å². The van der Waals surface area contributed by atoms with E-state index < -0.39 is 24.5 Å². The second-order valence-electron chi connectivity index (χ2n) is 5.76. The summed E-state index contributed by atoms with van der Waals surface area (Å²) in [4.78, 5) is 39.0. The van der Waals surface area contributed by atoms with E-state index in [9.17, 15) is 14.4 Å². The van der Waals surface area contributed by atoms with Crippen molar-refractivity contribution in [1.29, 1.82) is 0 Å². The first kappa shape index (κ1) is 19.2. The highest BCUT2D eigenvalue weighted by molar-refractivity contribution is 6.00. The van der Waals surface area contributed by atoms with Gasteiger partial charge in [-0.2, -0.15) is 5.10 Å². The number of H-pyrrole nitrogens is 1. The molecule has 0 fully saturated rings. The van der Waals surface area contributed by atoms with Gasteiger partial charge in [0.25, 0.3) is 5.91 Å². The van der Waals surface area contributed by atoms with E-state index >= 15 is 0 Å². The van der Waals surface area contributed by atoms with Gasteiger partial charge < -0.3 is 19.8 Å². The monoisotopic (exact) mass is 362 g/mol. The highest BCUT2D eigenvalue weighted by Crippen LogP contribution is 2.20. The van der Waals surface area contributed by atoms with Crippen LogP contribution in [0.1, 0.15) is 44.7 Å². The van der Waals surface area contributed by atoms with Crippen molar-refractivity contribution in [2.24, 2.45) is 7.05 Å². The third-order valence-electron chi connectivity index (χ3n) is 3.73. The maximum Gasteiger partial charge on any atom is 0.355 e. The summed E-state index contributed by atoms with van der Waals surface area (Å²) < 4.78 is 11.5. The summed E-state index contributed by atoms with van der Waals surface area (Å²) in [6, 6.07) is 1.70. The van der Waals surface area contributed by atoms with Crippen LogP contribution in [0.2, 0.25) is 0 Å². The van der Waals surface area contributed by atoms with Gasteiger partial charge in [0, 0.05) is 18.8 Å². The molecule has 0 aliphatic rings. The number of anilines is 1. The lowest BCUT2D eigenvalue weighted by Gasteiger charge is -2.07. The molecule has 0 aromatic carbocycles. The third-order valence-corrected chi connectivity index (χ3v) is 3.73. The maximum absolute atomic E-state index is 12.3. The van der Waals surface area contributed by atoms with Crippen molar-refractivity contribution in [2.75, 3.05) is 18.5 Å². The zero-order valence-corrected chi connectivity index (χ0v) is 15.4. The van der Waals surface area contributed by atoms with E-state index in [4.69, 9.17) is 9.47 Å². The van der Waals surface area contributed by atoms with E-state index in [1.54, 1.807) is 40.8 Å². The van der Waals surface area contributed by atoms with Crippen molar-refractivity contribution in [3.05, 3.63) is 34.3 Å². The maximum atomic E-state index is 12.3. The van der Waals surface area contributed by atoms with Crippen LogP contribution in [0.25, 0.3) is 0 Å². The molecule has 2 rings (SSSR count). The molecule has 2 heterocycles. The summed E-state index contributed by atoms with van der Waals surface area (Å²) in [5.74, 6) is -1.22. The number of ether oxygens (including phenoxy) is 2. The minimum absolute atomic E-state index is 0.200. The fourth-order valence-electron chi connectivity index (χ4n) is 2.57. The Balaban J connectivity index is 2.02. The number of carbonyl (C=O) groups is 3. The third kappa shape index (κ3) is 4.11. The van der Waals surface area contributed by atoms with Crippen molar-refractivity contribution in [3.63, 3.8) is 0 Å². The molecule has 0 spiro atoms. The molecule has 26 heavy (non-hydrogen) atoms. The number of rotatable bonds is 6. The molecule has 0 atom stereocenters. The fourth-order valence-corrected chi connectivity index (χ4v) is 2.57. The van der Waals surface area contributed by atoms with Gasteiger partial charge in [-0.15, -0.1) is 0 Å². The Morgan fingerprint density at radius 1 is 1.19 bits per heavy atom. The molecule has 2 aromatic rings. The van der Waals surface area contributed by atoms with Gasteiger partial charge in [0.05, 0.1) is 17.9 Å². The Hall–Kier alpha value is -3.10. The number of amides is 1. The highest BCUT2D eigenvalue weighted by Gasteiger charge is 2.24. The molecule has 0 aliphatic heterocycles. The average molecular weight is 362 g/mol. The van der Waals surface area contributed by atoms with Crippen molar-refractivity contribution in [1.82, 2.24) is 14.8 Å². The minimum atomic E-state index is -0.692. The predicted molar refractivity (Wildman–Crippen MR) is 93.1 cm³/mol. The normalized spacial score (nSPS) is 10.5. The summed E-state index contributed by atoms with van der Waals surface area (Å²) in [5, 5.41) is 6.72. The molecule has 140 valence electrons. The van der Waals surface area contributed by atoms with Crippen LogP contribution in [0.5, 0.6) is 0 Å². The molecule has 1 amide bonds. The van der Waals surface area contributed by atoms with E-state index in [-0.39, 0.29) is 17.9 Å². The molecule has 0 saturated heterocycles. The summed E-state index contributed by atoms with van der Waals surface area (Å²) in [6.45, 7) is 6.52. The predicted octanol–water partition coefficient (Wildman–Crippen LogP) is 1.65. The zero-order chi connectivity index (χ0) is 19.4. The van der Waals surface area contributed by atoms with Crippen LogP contribution < -0.4 is 5.32 Å². The van der Waals surface area contributed by atoms with E-state index in [0.717, 1.165) is 5.69 Å². The summed E-state index contributed by atoms with van der Waals surface area (Å²) in [6.07, 6.45) is 0. The number of aromatic nitrogens is 3. The minimum Gasteiger partial charge on any atom is -0.461 e. The Morgan fingerprint density at radius 3 is 2.46 bits per heavy atom. The van der Waals surface area contributed by atoms with E-state index in [2.05, 4.69) is 15.4 Å². The van der Waals surface area contributed by atoms with Crippen LogP contribution >= 0.6 is 0 Å². The first-order valence-corrected chi connectivity index (χ1v) is 8.08. The molecule has 0 aliphatic carbocycles. The number of esters is 2. The van der Waals surface area contributed by atoms with Gasteiger partial charge in [-0.25, -0.2) is 9.59 Å². The summed E-state index contributed by atoms with van der Waals surface area (Å²) >= 11 is 0. The second-order valence-corrected chi connectivity index (χ2v) is 5.76. The number of hydrogen-bond donors (Lipinski definition) is 2. The SMILES string of the molecule is CCOC(=O)c1[nH]c(C)c(C(=O)OCC(=O)Nc2cc(C)nn2C)c1C. The van der Waals surface area contributed by atoms with Gasteiger partial charge in [0.2, 0.25) is 0 Å². The number of nitrogens with one attached hydrogen (secondary N) is 2. The standard InChI is InChI=1S/C17H22N4O5/c1-6-25-17(24)15-10(3)14(11(4)18-15)16(23)26-8-13(22)19-12-7-9(2)20-21(12)5/h7,18H,6,8H2,1-5H3,(H,19,22). The van der Waals surface area contributed by atoms with Crippen molar-refractivity contribution < 1.29 is 23.9 Å². The van der Waals surface area contributed by atoms with Gasteiger partial charge in [-0.05, 0) is 33.3 Å². The number of aromatic amines is 1. The van der Waals surface area contributed by atoms with Crippen LogP contribution in [0.15, 0.2) is 6.07 Å². The van der Waals surface area contributed by atoms with Gasteiger partial charge in [0.1, 0.15) is 11.5 Å². The molecule has 2 aromatic heterocycles. The molecule has 0 bridgehead atoms. The second kappa shape index (κ2) is 7.85.